The number of aryl methyl sites for hydroxylation is 1. The van der Waals surface area contributed by atoms with E-state index < -0.39 is 0 Å². The summed E-state index contributed by atoms with van der Waals surface area (Å²) in [6.07, 6.45) is 3.41. The second kappa shape index (κ2) is 8.35. The fraction of sp³-hybridized carbons (Fsp3) is 0.111. The SMILES string of the molecule is O=c1/c(=C\c2cccc(Cl)c2Cl)sc2n1[C@H](c1ccc(F)cc1)C1=C(N=2)c2ccccc2CC1. The molecule has 168 valence electrons. The van der Waals surface area contributed by atoms with Gasteiger partial charge in [-0.05, 0) is 59.4 Å². The first kappa shape index (κ1) is 21.5. The molecule has 1 aliphatic carbocycles. The Balaban J connectivity index is 1.64. The van der Waals surface area contributed by atoms with Crippen LogP contribution in [-0.2, 0) is 6.42 Å². The van der Waals surface area contributed by atoms with Crippen molar-refractivity contribution in [3.8, 4) is 0 Å². The Morgan fingerprint density at radius 2 is 1.79 bits per heavy atom. The highest BCUT2D eigenvalue weighted by molar-refractivity contribution is 7.07. The van der Waals surface area contributed by atoms with Gasteiger partial charge in [0.1, 0.15) is 5.82 Å². The van der Waals surface area contributed by atoms with Gasteiger partial charge >= 0.3 is 0 Å². The summed E-state index contributed by atoms with van der Waals surface area (Å²) in [5, 5.41) is 0.831. The van der Waals surface area contributed by atoms with Crippen molar-refractivity contribution in [3.05, 3.63) is 130 Å². The van der Waals surface area contributed by atoms with Crippen LogP contribution in [0.25, 0.3) is 11.8 Å². The van der Waals surface area contributed by atoms with Crippen LogP contribution in [0.15, 0.2) is 82.1 Å². The number of thiazole rings is 1. The first-order valence-electron chi connectivity index (χ1n) is 10.8. The Morgan fingerprint density at radius 3 is 2.62 bits per heavy atom. The Kier molecular flexibility index (Phi) is 5.29. The van der Waals surface area contributed by atoms with Crippen LogP contribution in [0.4, 0.5) is 4.39 Å². The Hall–Kier alpha value is -2.99. The van der Waals surface area contributed by atoms with Gasteiger partial charge in [-0.1, -0.05) is 83.1 Å². The molecule has 2 aliphatic rings. The summed E-state index contributed by atoms with van der Waals surface area (Å²) < 4.78 is 16.0. The summed E-state index contributed by atoms with van der Waals surface area (Å²) >= 11 is 13.9. The zero-order chi connectivity index (χ0) is 23.4. The second-order valence-electron chi connectivity index (χ2n) is 8.31. The molecule has 1 aromatic heterocycles. The molecule has 34 heavy (non-hydrogen) atoms. The average Bonchev–Trinajstić information content (AvgIpc) is 3.16. The van der Waals surface area contributed by atoms with Gasteiger partial charge in [0.2, 0.25) is 0 Å². The maximum Gasteiger partial charge on any atom is 0.271 e. The number of nitrogens with zero attached hydrogens (tertiary/aromatic N) is 2. The smallest absolute Gasteiger partial charge is 0.271 e. The Bertz CT molecular complexity index is 1670. The summed E-state index contributed by atoms with van der Waals surface area (Å²) in [7, 11) is 0. The highest BCUT2D eigenvalue weighted by Gasteiger charge is 2.32. The van der Waals surface area contributed by atoms with Crippen molar-refractivity contribution in [2.45, 2.75) is 18.9 Å². The van der Waals surface area contributed by atoms with Crippen LogP contribution >= 0.6 is 34.5 Å². The quantitative estimate of drug-likeness (QED) is 0.340. The molecule has 0 saturated carbocycles. The Labute approximate surface area is 208 Å². The van der Waals surface area contributed by atoms with Gasteiger partial charge in [-0.2, -0.15) is 0 Å². The number of fused-ring (bicyclic) bond motifs is 3. The Morgan fingerprint density at radius 1 is 1.00 bits per heavy atom. The summed E-state index contributed by atoms with van der Waals surface area (Å²) in [5.74, 6) is -0.310. The third-order valence-corrected chi connectivity index (χ3v) is 8.14. The fourth-order valence-corrected chi connectivity index (χ4v) is 6.09. The first-order chi connectivity index (χ1) is 16.5. The highest BCUT2D eigenvalue weighted by atomic mass is 35.5. The fourth-order valence-electron chi connectivity index (χ4n) is 4.74. The van der Waals surface area contributed by atoms with Crippen molar-refractivity contribution in [2.24, 2.45) is 4.99 Å². The molecule has 3 nitrogen and oxygen atoms in total. The van der Waals surface area contributed by atoms with Crippen molar-refractivity contribution >= 4 is 46.3 Å². The molecule has 0 fully saturated rings. The summed E-state index contributed by atoms with van der Waals surface area (Å²) in [6.45, 7) is 0. The zero-order valence-electron chi connectivity index (χ0n) is 17.8. The number of hydrogen-bond acceptors (Lipinski definition) is 3. The molecule has 0 bridgehead atoms. The average molecular weight is 507 g/mol. The summed E-state index contributed by atoms with van der Waals surface area (Å²) in [6, 6.07) is 19.6. The van der Waals surface area contributed by atoms with Crippen molar-refractivity contribution in [2.75, 3.05) is 0 Å². The largest absolute Gasteiger partial charge is 0.272 e. The van der Waals surface area contributed by atoms with Gasteiger partial charge in [0.25, 0.3) is 5.56 Å². The molecule has 0 radical (unpaired) electrons. The lowest BCUT2D eigenvalue weighted by atomic mass is 9.83. The van der Waals surface area contributed by atoms with Crippen LogP contribution in [0.1, 0.15) is 34.7 Å². The van der Waals surface area contributed by atoms with E-state index in [2.05, 4.69) is 12.1 Å². The minimum atomic E-state index is -0.350. The monoisotopic (exact) mass is 506 g/mol. The van der Waals surface area contributed by atoms with Gasteiger partial charge < -0.3 is 0 Å². The van der Waals surface area contributed by atoms with Gasteiger partial charge in [0, 0.05) is 5.56 Å². The molecule has 0 spiro atoms. The van der Waals surface area contributed by atoms with E-state index in [4.69, 9.17) is 28.2 Å². The van der Waals surface area contributed by atoms with Crippen molar-refractivity contribution in [1.29, 1.82) is 0 Å². The molecule has 7 heteroatoms. The van der Waals surface area contributed by atoms with Gasteiger partial charge in [0.15, 0.2) is 4.80 Å². The summed E-state index contributed by atoms with van der Waals surface area (Å²) in [4.78, 5) is 19.3. The van der Waals surface area contributed by atoms with E-state index in [1.165, 1.54) is 29.0 Å². The molecule has 2 heterocycles. The van der Waals surface area contributed by atoms with Crippen LogP contribution < -0.4 is 14.9 Å². The molecule has 3 aromatic carbocycles. The zero-order valence-corrected chi connectivity index (χ0v) is 20.1. The number of allylic oxidation sites excluding steroid dienone is 1. The highest BCUT2D eigenvalue weighted by Crippen LogP contribution is 2.41. The third-order valence-electron chi connectivity index (χ3n) is 6.33. The predicted molar refractivity (Wildman–Crippen MR) is 136 cm³/mol. The predicted octanol–water partition coefficient (Wildman–Crippen LogP) is 5.76. The normalized spacial score (nSPS) is 17.1. The molecule has 4 aromatic rings. The number of hydrogen-bond donors (Lipinski definition) is 0. The van der Waals surface area contributed by atoms with E-state index in [1.54, 1.807) is 34.9 Å². The first-order valence-corrected chi connectivity index (χ1v) is 12.4. The van der Waals surface area contributed by atoms with Crippen LogP contribution in [-0.4, -0.2) is 4.57 Å². The molecule has 1 aliphatic heterocycles. The van der Waals surface area contributed by atoms with Gasteiger partial charge in [-0.25, -0.2) is 9.38 Å². The summed E-state index contributed by atoms with van der Waals surface area (Å²) in [5.41, 5.74) is 5.69. The van der Waals surface area contributed by atoms with Gasteiger partial charge in [0.05, 0.1) is 26.3 Å². The number of benzene rings is 3. The second-order valence-corrected chi connectivity index (χ2v) is 10.1. The molecule has 0 N–H and O–H groups in total. The molecule has 0 unspecified atom stereocenters. The van der Waals surface area contributed by atoms with E-state index in [1.807, 2.05) is 18.2 Å². The van der Waals surface area contributed by atoms with Crippen LogP contribution in [0, 0.1) is 5.82 Å². The van der Waals surface area contributed by atoms with Crippen molar-refractivity contribution in [3.63, 3.8) is 0 Å². The lowest BCUT2D eigenvalue weighted by Gasteiger charge is -2.30. The topological polar surface area (TPSA) is 34.4 Å². The standard InChI is InChI=1S/C27H17Cl2FN2OS/c28-21-7-3-5-17(23(21)29)14-22-26(33)32-25(16-8-11-18(30)12-9-16)20-13-10-15-4-1-2-6-19(15)24(20)31-27(32)34-22/h1-9,11-12,14,25H,10,13H2/b22-14+/t25-/m1/s1. The van der Waals surface area contributed by atoms with Crippen molar-refractivity contribution in [1.82, 2.24) is 4.57 Å². The molecule has 0 amide bonds. The molecular formula is C27H17Cl2FN2OS. The minimum Gasteiger partial charge on any atom is -0.272 e. The number of halogens is 3. The van der Waals surface area contributed by atoms with Crippen molar-refractivity contribution < 1.29 is 4.39 Å². The van der Waals surface area contributed by atoms with E-state index in [9.17, 15) is 9.18 Å². The molecule has 1 atom stereocenters. The minimum absolute atomic E-state index is 0.153. The van der Waals surface area contributed by atoms with Gasteiger partial charge in [-0.15, -0.1) is 0 Å². The van der Waals surface area contributed by atoms with E-state index in [0.717, 1.165) is 35.2 Å². The maximum atomic E-state index is 13.8. The van der Waals surface area contributed by atoms with Crippen LogP contribution in [0.3, 0.4) is 0 Å². The molecular weight excluding hydrogens is 490 g/mol. The van der Waals surface area contributed by atoms with Gasteiger partial charge in [-0.3, -0.25) is 9.36 Å². The van der Waals surface area contributed by atoms with E-state index in [-0.39, 0.29) is 17.4 Å². The lowest BCUT2D eigenvalue weighted by Crippen LogP contribution is -2.38. The number of rotatable bonds is 2. The van der Waals surface area contributed by atoms with E-state index in [0.29, 0.717) is 24.9 Å². The maximum absolute atomic E-state index is 13.8. The lowest BCUT2D eigenvalue weighted by molar-refractivity contribution is 0.581. The van der Waals surface area contributed by atoms with Crippen LogP contribution in [0.2, 0.25) is 10.0 Å². The molecule has 6 rings (SSSR count). The van der Waals surface area contributed by atoms with Crippen LogP contribution in [0.5, 0.6) is 0 Å². The third kappa shape index (κ3) is 3.47. The number of aromatic nitrogens is 1. The molecule has 0 saturated heterocycles. The van der Waals surface area contributed by atoms with E-state index >= 15 is 0 Å².